The summed E-state index contributed by atoms with van der Waals surface area (Å²) in [4.78, 5) is 14.7. The Labute approximate surface area is 123 Å². The minimum absolute atomic E-state index is 0.0832. The molecule has 2 rings (SSSR count). The molecule has 0 aliphatic rings. The number of halogens is 2. The summed E-state index contributed by atoms with van der Waals surface area (Å²) in [7, 11) is 0. The molecule has 1 heterocycles. The highest BCUT2D eigenvalue weighted by Crippen LogP contribution is 2.23. The highest BCUT2D eigenvalue weighted by molar-refractivity contribution is 9.10. The van der Waals surface area contributed by atoms with Gasteiger partial charge in [0.2, 0.25) is 5.91 Å². The zero-order valence-electron chi connectivity index (χ0n) is 10.3. The highest BCUT2D eigenvalue weighted by Gasteiger charge is 2.11. The maximum atomic E-state index is 13.6. The number of hydrogen-bond donors (Lipinski definition) is 2. The van der Waals surface area contributed by atoms with E-state index in [4.69, 9.17) is 12.2 Å². The lowest BCUT2D eigenvalue weighted by Crippen LogP contribution is -2.28. The van der Waals surface area contributed by atoms with Crippen LogP contribution in [0, 0.1) is 10.6 Å². The number of nitrogens with zero attached hydrogens (tertiary/aromatic N) is 1. The molecule has 0 spiro atoms. The van der Waals surface area contributed by atoms with Crippen LogP contribution in [0.3, 0.4) is 0 Å². The molecule has 1 aromatic heterocycles. The summed E-state index contributed by atoms with van der Waals surface area (Å²) < 4.78 is 15.9. The first-order valence-electron chi connectivity index (χ1n) is 5.87. The van der Waals surface area contributed by atoms with E-state index in [0.717, 1.165) is 6.42 Å². The lowest BCUT2D eigenvalue weighted by atomic mass is 10.3. The molecule has 4 nitrogen and oxygen atoms in total. The van der Waals surface area contributed by atoms with Gasteiger partial charge >= 0.3 is 0 Å². The summed E-state index contributed by atoms with van der Waals surface area (Å²) in [5.41, 5.74) is 1.28. The molecule has 2 aromatic rings. The Morgan fingerprint density at radius 2 is 2.32 bits per heavy atom. The van der Waals surface area contributed by atoms with E-state index in [2.05, 4.69) is 26.2 Å². The van der Waals surface area contributed by atoms with Crippen molar-refractivity contribution in [3.8, 4) is 0 Å². The minimum atomic E-state index is -0.385. The van der Waals surface area contributed by atoms with Crippen LogP contribution in [0.15, 0.2) is 16.6 Å². The van der Waals surface area contributed by atoms with E-state index in [1.165, 1.54) is 6.07 Å². The van der Waals surface area contributed by atoms with Crippen molar-refractivity contribution >= 4 is 45.1 Å². The molecule has 0 fully saturated rings. The highest BCUT2D eigenvalue weighted by atomic mass is 79.9. The van der Waals surface area contributed by atoms with E-state index in [-0.39, 0.29) is 18.3 Å². The normalized spacial score (nSPS) is 10.9. The molecule has 0 unspecified atom stereocenters. The number of rotatable bonds is 4. The Morgan fingerprint density at radius 1 is 1.58 bits per heavy atom. The first-order chi connectivity index (χ1) is 9.02. The fourth-order valence-electron chi connectivity index (χ4n) is 1.77. The van der Waals surface area contributed by atoms with Gasteiger partial charge in [0, 0.05) is 12.6 Å². The van der Waals surface area contributed by atoms with E-state index in [9.17, 15) is 9.18 Å². The van der Waals surface area contributed by atoms with Crippen molar-refractivity contribution in [2.24, 2.45) is 0 Å². The van der Waals surface area contributed by atoms with E-state index in [0.29, 0.717) is 26.8 Å². The maximum absolute atomic E-state index is 13.6. The average Bonchev–Trinajstić information content (AvgIpc) is 2.64. The fourth-order valence-corrected chi connectivity index (χ4v) is 2.39. The number of benzene rings is 1. The van der Waals surface area contributed by atoms with Gasteiger partial charge < -0.3 is 14.9 Å². The van der Waals surface area contributed by atoms with E-state index in [1.807, 2.05) is 6.92 Å². The molecule has 0 saturated carbocycles. The largest absolute Gasteiger partial charge is 0.355 e. The Bertz CT molecular complexity index is 679. The third-order valence-electron chi connectivity index (χ3n) is 2.69. The molecule has 1 aromatic carbocycles. The second-order valence-corrected chi connectivity index (χ2v) is 5.39. The van der Waals surface area contributed by atoms with Gasteiger partial charge in [0.25, 0.3) is 0 Å². The summed E-state index contributed by atoms with van der Waals surface area (Å²) in [5, 5.41) is 2.77. The monoisotopic (exact) mass is 345 g/mol. The molecule has 102 valence electrons. The van der Waals surface area contributed by atoms with Crippen LogP contribution in [-0.2, 0) is 11.3 Å². The number of hydrogen-bond acceptors (Lipinski definition) is 2. The number of imidazole rings is 1. The summed E-state index contributed by atoms with van der Waals surface area (Å²) >= 11 is 8.28. The number of nitrogens with one attached hydrogen (secondary N) is 2. The van der Waals surface area contributed by atoms with Crippen LogP contribution >= 0.6 is 28.1 Å². The van der Waals surface area contributed by atoms with Gasteiger partial charge in [-0.3, -0.25) is 4.79 Å². The van der Waals surface area contributed by atoms with E-state index in [1.54, 1.807) is 10.6 Å². The van der Waals surface area contributed by atoms with E-state index >= 15 is 0 Å². The smallest absolute Gasteiger partial charge is 0.240 e. The molecular weight excluding hydrogens is 333 g/mol. The van der Waals surface area contributed by atoms with Crippen molar-refractivity contribution in [3.63, 3.8) is 0 Å². The van der Waals surface area contributed by atoms with Crippen LogP contribution in [0.4, 0.5) is 4.39 Å². The first kappa shape index (κ1) is 14.2. The van der Waals surface area contributed by atoms with Crippen molar-refractivity contribution in [1.29, 1.82) is 0 Å². The maximum Gasteiger partial charge on any atom is 0.240 e. The van der Waals surface area contributed by atoms with Gasteiger partial charge in [-0.25, -0.2) is 4.39 Å². The van der Waals surface area contributed by atoms with Crippen molar-refractivity contribution in [3.05, 3.63) is 27.2 Å². The molecule has 0 saturated heterocycles. The lowest BCUT2D eigenvalue weighted by molar-refractivity contribution is -0.121. The van der Waals surface area contributed by atoms with E-state index < -0.39 is 0 Å². The van der Waals surface area contributed by atoms with Gasteiger partial charge in [-0.15, -0.1) is 0 Å². The molecule has 0 bridgehead atoms. The molecular formula is C12H13BrFN3OS. The van der Waals surface area contributed by atoms with Crippen LogP contribution in [0.5, 0.6) is 0 Å². The molecule has 2 N–H and O–H groups in total. The number of amides is 1. The lowest BCUT2D eigenvalue weighted by Gasteiger charge is -2.06. The SMILES string of the molecule is CCCNC(=O)Cn1c(=S)[nH]c2cc(Br)c(F)cc21. The molecule has 1 amide bonds. The molecule has 19 heavy (non-hydrogen) atoms. The van der Waals surface area contributed by atoms with Crippen LogP contribution in [0.1, 0.15) is 13.3 Å². The second kappa shape index (κ2) is 5.83. The zero-order valence-corrected chi connectivity index (χ0v) is 12.7. The fraction of sp³-hybridized carbons (Fsp3) is 0.333. The third kappa shape index (κ3) is 3.03. The topological polar surface area (TPSA) is 49.8 Å². The van der Waals surface area contributed by atoms with Gasteiger partial charge in [-0.2, -0.15) is 0 Å². The molecule has 0 radical (unpaired) electrons. The van der Waals surface area contributed by atoms with Gasteiger partial charge in [-0.05, 0) is 40.6 Å². The molecule has 0 atom stereocenters. The quantitative estimate of drug-likeness (QED) is 0.836. The average molecular weight is 346 g/mol. The predicted octanol–water partition coefficient (Wildman–Crippen LogP) is 3.13. The number of aromatic nitrogens is 2. The van der Waals surface area contributed by atoms with Crippen molar-refractivity contribution < 1.29 is 9.18 Å². The number of fused-ring (bicyclic) bond motifs is 1. The number of carbonyl (C=O) groups excluding carboxylic acids is 1. The van der Waals surface area contributed by atoms with Gasteiger partial charge in [-0.1, -0.05) is 6.92 Å². The molecule has 7 heteroatoms. The standard InChI is InChI=1S/C12H13BrFN3OS/c1-2-3-15-11(18)6-17-10-5-8(14)7(13)4-9(10)16-12(17)19/h4-5H,2-3,6H2,1H3,(H,15,18)(H,16,19). The Hall–Kier alpha value is -1.21. The number of aromatic amines is 1. The van der Waals surface area contributed by atoms with Gasteiger partial charge in [0.1, 0.15) is 12.4 Å². The van der Waals surface area contributed by atoms with Crippen LogP contribution in [-0.4, -0.2) is 22.0 Å². The van der Waals surface area contributed by atoms with Gasteiger partial charge in [0.15, 0.2) is 4.77 Å². The summed E-state index contributed by atoms with van der Waals surface area (Å²) in [6.07, 6.45) is 0.868. The van der Waals surface area contributed by atoms with Crippen LogP contribution in [0.25, 0.3) is 11.0 Å². The summed E-state index contributed by atoms with van der Waals surface area (Å²) in [6, 6.07) is 2.97. The zero-order chi connectivity index (χ0) is 14.0. The molecule has 0 aliphatic heterocycles. The number of carbonyl (C=O) groups is 1. The van der Waals surface area contributed by atoms with Crippen LogP contribution < -0.4 is 5.32 Å². The Balaban J connectivity index is 2.37. The Morgan fingerprint density at radius 3 is 3.00 bits per heavy atom. The summed E-state index contributed by atoms with van der Waals surface area (Å²) in [5.74, 6) is -0.522. The van der Waals surface area contributed by atoms with Crippen molar-refractivity contribution in [2.45, 2.75) is 19.9 Å². The number of H-pyrrole nitrogens is 1. The molecule has 0 aliphatic carbocycles. The van der Waals surface area contributed by atoms with Crippen LogP contribution in [0.2, 0.25) is 0 Å². The van der Waals surface area contributed by atoms with Crippen molar-refractivity contribution in [2.75, 3.05) is 6.54 Å². The van der Waals surface area contributed by atoms with Crippen molar-refractivity contribution in [1.82, 2.24) is 14.9 Å². The predicted molar refractivity (Wildman–Crippen MR) is 78.1 cm³/mol. The summed E-state index contributed by atoms with van der Waals surface area (Å²) in [6.45, 7) is 2.68. The first-order valence-corrected chi connectivity index (χ1v) is 7.07. The third-order valence-corrected chi connectivity index (χ3v) is 3.62. The second-order valence-electron chi connectivity index (χ2n) is 4.15. The van der Waals surface area contributed by atoms with Gasteiger partial charge in [0.05, 0.1) is 15.5 Å². The minimum Gasteiger partial charge on any atom is -0.355 e. The Kier molecular flexibility index (Phi) is 4.36.